The van der Waals surface area contributed by atoms with Crippen LogP contribution in [-0.4, -0.2) is 35.9 Å². The molecule has 3 amide bonds. The first-order chi connectivity index (χ1) is 15.9. The van der Waals surface area contributed by atoms with Crippen LogP contribution in [0.1, 0.15) is 67.7 Å². The first-order valence-electron chi connectivity index (χ1n) is 11.7. The van der Waals surface area contributed by atoms with Gasteiger partial charge in [0.25, 0.3) is 0 Å². The molecule has 2 aliphatic rings. The predicted molar refractivity (Wildman–Crippen MR) is 129 cm³/mol. The van der Waals surface area contributed by atoms with Crippen LogP contribution in [0.5, 0.6) is 0 Å². The van der Waals surface area contributed by atoms with Gasteiger partial charge < -0.3 is 20.6 Å². The minimum Gasteiger partial charge on any atom is -0.388 e. The molecule has 1 unspecified atom stereocenters. The summed E-state index contributed by atoms with van der Waals surface area (Å²) in [5, 5.41) is 15.4. The second-order valence-electron chi connectivity index (χ2n) is 9.06. The van der Waals surface area contributed by atoms with Crippen molar-refractivity contribution >= 4 is 40.4 Å². The average molecular weight is 470 g/mol. The number of nitrogens with zero attached hydrogens (tertiary/aromatic N) is 1. The van der Waals surface area contributed by atoms with Gasteiger partial charge >= 0.3 is 11.8 Å². The number of amides is 3. The maximum Gasteiger partial charge on any atom is 0.313 e. The molecule has 2 heterocycles. The highest BCUT2D eigenvalue weighted by Crippen LogP contribution is 2.44. The van der Waals surface area contributed by atoms with Crippen molar-refractivity contribution in [1.82, 2.24) is 5.32 Å². The molecule has 1 aromatic heterocycles. The van der Waals surface area contributed by atoms with Crippen LogP contribution in [0.2, 0.25) is 0 Å². The topological polar surface area (TPSA) is 98.7 Å². The van der Waals surface area contributed by atoms with E-state index in [1.165, 1.54) is 0 Å². The summed E-state index contributed by atoms with van der Waals surface area (Å²) in [6.07, 6.45) is 5.91. The lowest BCUT2D eigenvalue weighted by atomic mass is 9.84. The van der Waals surface area contributed by atoms with Crippen molar-refractivity contribution in [2.45, 2.75) is 63.4 Å². The van der Waals surface area contributed by atoms with Crippen molar-refractivity contribution in [1.29, 1.82) is 0 Å². The van der Waals surface area contributed by atoms with Gasteiger partial charge in [-0.2, -0.15) is 0 Å². The van der Waals surface area contributed by atoms with Gasteiger partial charge in [-0.05, 0) is 62.9 Å². The van der Waals surface area contributed by atoms with E-state index in [1.54, 1.807) is 41.4 Å². The van der Waals surface area contributed by atoms with Gasteiger partial charge in [-0.15, -0.1) is 11.3 Å². The number of nitrogens with one attached hydrogen (secondary N) is 2. The number of hydrogen-bond donors (Lipinski definition) is 3. The summed E-state index contributed by atoms with van der Waals surface area (Å²) in [6.45, 7) is 2.80. The van der Waals surface area contributed by atoms with E-state index in [-0.39, 0.29) is 11.3 Å². The second-order valence-corrected chi connectivity index (χ2v) is 10.2. The molecular weight excluding hydrogens is 438 g/mol. The third kappa shape index (κ3) is 5.28. The number of piperidine rings is 1. The zero-order chi connectivity index (χ0) is 23.4. The van der Waals surface area contributed by atoms with E-state index in [0.717, 1.165) is 54.0 Å². The van der Waals surface area contributed by atoms with E-state index >= 15 is 0 Å². The SMILES string of the molecule is CC(O)c1ccc(C2(CNC(=O)C(=O)Nc3cccc(N4CCCCC4=O)c3)CCCC2)s1. The summed E-state index contributed by atoms with van der Waals surface area (Å²) in [4.78, 5) is 41.2. The first kappa shape index (κ1) is 23.4. The number of thiophene rings is 1. The second kappa shape index (κ2) is 10.1. The molecule has 4 rings (SSSR count). The van der Waals surface area contributed by atoms with Crippen molar-refractivity contribution in [3.63, 3.8) is 0 Å². The van der Waals surface area contributed by atoms with Crippen LogP contribution in [0.15, 0.2) is 36.4 Å². The molecule has 1 aliphatic carbocycles. The highest BCUT2D eigenvalue weighted by atomic mass is 32.1. The quantitative estimate of drug-likeness (QED) is 0.559. The summed E-state index contributed by atoms with van der Waals surface area (Å²) in [5.74, 6) is -1.31. The average Bonchev–Trinajstić information content (AvgIpc) is 3.49. The fourth-order valence-electron chi connectivity index (χ4n) is 4.77. The Morgan fingerprint density at radius 1 is 1.12 bits per heavy atom. The molecule has 2 aromatic rings. The van der Waals surface area contributed by atoms with Crippen molar-refractivity contribution in [3.05, 3.63) is 46.2 Å². The van der Waals surface area contributed by atoms with Crippen LogP contribution >= 0.6 is 11.3 Å². The fraction of sp³-hybridized carbons (Fsp3) is 0.480. The Labute approximate surface area is 198 Å². The Bertz CT molecular complexity index is 1030. The molecule has 1 saturated carbocycles. The lowest BCUT2D eigenvalue weighted by Gasteiger charge is -2.28. The molecule has 1 aromatic carbocycles. The molecule has 7 nitrogen and oxygen atoms in total. The molecule has 0 bridgehead atoms. The number of benzene rings is 1. The summed E-state index contributed by atoms with van der Waals surface area (Å²) >= 11 is 1.58. The van der Waals surface area contributed by atoms with Gasteiger partial charge in [-0.3, -0.25) is 14.4 Å². The molecular formula is C25H31N3O4S. The smallest absolute Gasteiger partial charge is 0.313 e. The summed E-state index contributed by atoms with van der Waals surface area (Å²) in [7, 11) is 0. The van der Waals surface area contributed by atoms with Gasteiger partial charge in [0.15, 0.2) is 0 Å². The van der Waals surface area contributed by atoms with Crippen LogP contribution < -0.4 is 15.5 Å². The number of carbonyl (C=O) groups is 3. The number of anilines is 2. The standard InChI is InChI=1S/C25H31N3O4S/c1-17(29)20-10-11-21(33-20)25(12-3-4-13-25)16-26-23(31)24(32)27-18-7-6-8-19(15-18)28-14-5-2-9-22(28)30/h6-8,10-11,15,17,29H,2-5,9,12-14,16H2,1H3,(H,26,31)(H,27,32). The normalized spacial score (nSPS) is 18.7. The van der Waals surface area contributed by atoms with Crippen molar-refractivity contribution in [2.24, 2.45) is 0 Å². The van der Waals surface area contributed by atoms with Gasteiger partial charge in [0, 0.05) is 46.1 Å². The van der Waals surface area contributed by atoms with E-state index < -0.39 is 17.9 Å². The number of rotatable bonds is 6. The first-order valence-corrected chi connectivity index (χ1v) is 12.5. The maximum atomic E-state index is 12.6. The highest BCUT2D eigenvalue weighted by Gasteiger charge is 2.38. The Balaban J connectivity index is 1.39. The molecule has 33 heavy (non-hydrogen) atoms. The Hall–Kier alpha value is -2.71. The van der Waals surface area contributed by atoms with Crippen LogP contribution in [-0.2, 0) is 19.8 Å². The molecule has 1 saturated heterocycles. The van der Waals surface area contributed by atoms with E-state index in [0.29, 0.717) is 25.2 Å². The van der Waals surface area contributed by atoms with Gasteiger partial charge in [-0.25, -0.2) is 0 Å². The third-order valence-corrected chi connectivity index (χ3v) is 8.16. The zero-order valence-electron chi connectivity index (χ0n) is 18.9. The minimum atomic E-state index is -0.721. The van der Waals surface area contributed by atoms with Gasteiger partial charge in [0.2, 0.25) is 5.91 Å². The summed E-state index contributed by atoms with van der Waals surface area (Å²) in [6, 6.07) is 11.0. The number of carbonyl (C=O) groups excluding carboxylic acids is 3. The van der Waals surface area contributed by atoms with Gasteiger partial charge in [0.1, 0.15) is 0 Å². The van der Waals surface area contributed by atoms with Crippen LogP contribution in [0, 0.1) is 0 Å². The molecule has 1 aliphatic heterocycles. The van der Waals surface area contributed by atoms with Crippen LogP contribution in [0.3, 0.4) is 0 Å². The van der Waals surface area contributed by atoms with Crippen molar-refractivity contribution in [3.8, 4) is 0 Å². The van der Waals surface area contributed by atoms with Crippen molar-refractivity contribution < 1.29 is 19.5 Å². The molecule has 1 atom stereocenters. The summed E-state index contributed by atoms with van der Waals surface area (Å²) in [5.41, 5.74) is 1.03. The van der Waals surface area contributed by atoms with E-state index in [2.05, 4.69) is 10.6 Å². The Kier molecular flexibility index (Phi) is 7.14. The van der Waals surface area contributed by atoms with Crippen LogP contribution in [0.4, 0.5) is 11.4 Å². The number of aliphatic hydroxyl groups excluding tert-OH is 1. The number of aliphatic hydroxyl groups is 1. The maximum absolute atomic E-state index is 12.6. The van der Waals surface area contributed by atoms with E-state index in [1.807, 2.05) is 18.2 Å². The van der Waals surface area contributed by atoms with Gasteiger partial charge in [-0.1, -0.05) is 18.9 Å². The lowest BCUT2D eigenvalue weighted by molar-refractivity contribution is -0.136. The van der Waals surface area contributed by atoms with Crippen LogP contribution in [0.25, 0.3) is 0 Å². The predicted octanol–water partition coefficient (Wildman–Crippen LogP) is 3.89. The van der Waals surface area contributed by atoms with E-state index in [9.17, 15) is 19.5 Å². The summed E-state index contributed by atoms with van der Waals surface area (Å²) < 4.78 is 0. The van der Waals surface area contributed by atoms with Gasteiger partial charge in [0.05, 0.1) is 6.10 Å². The largest absolute Gasteiger partial charge is 0.388 e. The number of hydrogen-bond acceptors (Lipinski definition) is 5. The molecule has 0 spiro atoms. The Morgan fingerprint density at radius 3 is 2.61 bits per heavy atom. The molecule has 8 heteroatoms. The lowest BCUT2D eigenvalue weighted by Crippen LogP contribution is -2.43. The molecule has 3 N–H and O–H groups in total. The monoisotopic (exact) mass is 469 g/mol. The minimum absolute atomic E-state index is 0.0802. The molecule has 2 fully saturated rings. The third-order valence-electron chi connectivity index (χ3n) is 6.65. The van der Waals surface area contributed by atoms with Crippen molar-refractivity contribution in [2.75, 3.05) is 23.3 Å². The van der Waals surface area contributed by atoms with E-state index in [4.69, 9.17) is 0 Å². The fourth-order valence-corrected chi connectivity index (χ4v) is 5.96. The molecule has 176 valence electrons. The highest BCUT2D eigenvalue weighted by molar-refractivity contribution is 7.12. The molecule has 0 radical (unpaired) electrons. The Morgan fingerprint density at radius 2 is 1.91 bits per heavy atom. The zero-order valence-corrected chi connectivity index (χ0v) is 19.7.